The van der Waals surface area contributed by atoms with Crippen LogP contribution in [0, 0.1) is 0 Å². The number of hydrogen-bond acceptors (Lipinski definition) is 3. The van der Waals surface area contributed by atoms with Crippen molar-refractivity contribution in [3.05, 3.63) is 33.8 Å². The van der Waals surface area contributed by atoms with Gasteiger partial charge in [0.1, 0.15) is 0 Å². The lowest BCUT2D eigenvalue weighted by Gasteiger charge is -2.09. The standard InChI is InChI=1S/C10H14Cl2N2O2S/c11-9-3-1-4-10(12)8(9)7-17(15,16)14-6-2-5-13/h1,3-4,14H,2,5-7,13H2. The predicted octanol–water partition coefficient (Wildman–Crippen LogP) is 1.76. The SMILES string of the molecule is NCCCNS(=O)(=O)Cc1c(Cl)cccc1Cl. The van der Waals surface area contributed by atoms with Crippen molar-refractivity contribution in [3.63, 3.8) is 0 Å². The van der Waals surface area contributed by atoms with Gasteiger partial charge in [-0.15, -0.1) is 0 Å². The Morgan fingerprint density at radius 3 is 2.35 bits per heavy atom. The Kier molecular flexibility index (Phi) is 5.69. The molecular weight excluding hydrogens is 283 g/mol. The van der Waals surface area contributed by atoms with Crippen LogP contribution in [0.4, 0.5) is 0 Å². The van der Waals surface area contributed by atoms with E-state index in [0.717, 1.165) is 0 Å². The van der Waals surface area contributed by atoms with E-state index >= 15 is 0 Å². The van der Waals surface area contributed by atoms with E-state index in [2.05, 4.69) is 4.72 Å². The van der Waals surface area contributed by atoms with Crippen molar-refractivity contribution < 1.29 is 8.42 Å². The Bertz CT molecular complexity index is 457. The monoisotopic (exact) mass is 296 g/mol. The second-order valence-electron chi connectivity index (χ2n) is 3.50. The van der Waals surface area contributed by atoms with Gasteiger partial charge in [-0.25, -0.2) is 13.1 Å². The van der Waals surface area contributed by atoms with Gasteiger partial charge in [0.15, 0.2) is 0 Å². The van der Waals surface area contributed by atoms with Crippen molar-refractivity contribution in [1.29, 1.82) is 0 Å². The van der Waals surface area contributed by atoms with Gasteiger partial charge in [-0.2, -0.15) is 0 Å². The Hall–Kier alpha value is -0.330. The van der Waals surface area contributed by atoms with Gasteiger partial charge in [0, 0.05) is 22.2 Å². The number of halogens is 2. The molecule has 96 valence electrons. The van der Waals surface area contributed by atoms with E-state index in [1.54, 1.807) is 18.2 Å². The quantitative estimate of drug-likeness (QED) is 0.786. The van der Waals surface area contributed by atoms with Gasteiger partial charge >= 0.3 is 0 Å². The minimum absolute atomic E-state index is 0.226. The molecule has 0 radical (unpaired) electrons. The molecule has 0 unspecified atom stereocenters. The average Bonchev–Trinajstić information content (AvgIpc) is 2.24. The molecule has 0 aliphatic carbocycles. The molecule has 0 heterocycles. The first-order chi connectivity index (χ1) is 7.96. The van der Waals surface area contributed by atoms with Gasteiger partial charge in [0.2, 0.25) is 10.0 Å². The number of hydrogen-bond donors (Lipinski definition) is 2. The van der Waals surface area contributed by atoms with Gasteiger partial charge < -0.3 is 5.73 Å². The Balaban J connectivity index is 2.76. The van der Waals surface area contributed by atoms with E-state index in [1.165, 1.54) is 0 Å². The van der Waals surface area contributed by atoms with Gasteiger partial charge in [-0.1, -0.05) is 29.3 Å². The number of sulfonamides is 1. The molecule has 7 heteroatoms. The zero-order valence-corrected chi connectivity index (χ0v) is 11.4. The number of benzene rings is 1. The minimum Gasteiger partial charge on any atom is -0.330 e. The molecule has 0 fully saturated rings. The molecular formula is C10H14Cl2N2O2S. The molecule has 0 aliphatic rings. The summed E-state index contributed by atoms with van der Waals surface area (Å²) in [4.78, 5) is 0. The van der Waals surface area contributed by atoms with Gasteiger partial charge in [0.05, 0.1) is 5.75 Å². The maximum Gasteiger partial charge on any atom is 0.215 e. The molecule has 17 heavy (non-hydrogen) atoms. The minimum atomic E-state index is -3.43. The summed E-state index contributed by atoms with van der Waals surface area (Å²) >= 11 is 11.8. The van der Waals surface area contributed by atoms with Crippen molar-refractivity contribution in [2.24, 2.45) is 5.73 Å². The van der Waals surface area contributed by atoms with Crippen LogP contribution in [-0.2, 0) is 15.8 Å². The van der Waals surface area contributed by atoms with Crippen molar-refractivity contribution in [1.82, 2.24) is 4.72 Å². The average molecular weight is 297 g/mol. The van der Waals surface area contributed by atoms with Crippen LogP contribution in [0.15, 0.2) is 18.2 Å². The molecule has 1 aromatic carbocycles. The first-order valence-corrected chi connectivity index (χ1v) is 7.47. The molecule has 0 amide bonds. The highest BCUT2D eigenvalue weighted by molar-refractivity contribution is 7.88. The summed E-state index contributed by atoms with van der Waals surface area (Å²) < 4.78 is 25.9. The highest BCUT2D eigenvalue weighted by Gasteiger charge is 2.15. The maximum atomic E-state index is 11.7. The molecule has 0 spiro atoms. The van der Waals surface area contributed by atoms with Crippen LogP contribution in [0.25, 0.3) is 0 Å². The molecule has 0 aromatic heterocycles. The van der Waals surface area contributed by atoms with Crippen molar-refractivity contribution in [3.8, 4) is 0 Å². The first kappa shape index (κ1) is 14.7. The zero-order valence-electron chi connectivity index (χ0n) is 9.12. The normalized spacial score (nSPS) is 11.7. The third-order valence-corrected chi connectivity index (χ3v) is 4.12. The summed E-state index contributed by atoms with van der Waals surface area (Å²) in [5, 5.41) is 0.698. The molecule has 3 N–H and O–H groups in total. The molecule has 0 saturated heterocycles. The summed E-state index contributed by atoms with van der Waals surface area (Å²) in [5.41, 5.74) is 5.69. The van der Waals surface area contributed by atoms with Crippen LogP contribution in [0.5, 0.6) is 0 Å². The summed E-state index contributed by atoms with van der Waals surface area (Å²) in [6.45, 7) is 0.760. The number of nitrogens with two attached hydrogens (primary N) is 1. The van der Waals surface area contributed by atoms with Gasteiger partial charge in [-0.3, -0.25) is 0 Å². The van der Waals surface area contributed by atoms with Crippen LogP contribution in [0.2, 0.25) is 10.0 Å². The largest absolute Gasteiger partial charge is 0.330 e. The third kappa shape index (κ3) is 4.81. The second-order valence-corrected chi connectivity index (χ2v) is 6.12. The lowest BCUT2D eigenvalue weighted by Crippen LogP contribution is -2.27. The third-order valence-electron chi connectivity index (χ3n) is 2.10. The van der Waals surface area contributed by atoms with Crippen LogP contribution < -0.4 is 10.5 Å². The van der Waals surface area contributed by atoms with Gasteiger partial charge in [0.25, 0.3) is 0 Å². The first-order valence-electron chi connectivity index (χ1n) is 5.06. The van der Waals surface area contributed by atoms with E-state index in [1.807, 2.05) is 0 Å². The van der Waals surface area contributed by atoms with E-state index < -0.39 is 10.0 Å². The lowest BCUT2D eigenvalue weighted by atomic mass is 10.2. The Labute approximate surface area is 111 Å². The highest BCUT2D eigenvalue weighted by Crippen LogP contribution is 2.25. The molecule has 0 aliphatic heterocycles. The topological polar surface area (TPSA) is 72.2 Å². The molecule has 4 nitrogen and oxygen atoms in total. The van der Waals surface area contributed by atoms with Gasteiger partial charge in [-0.05, 0) is 25.1 Å². The lowest BCUT2D eigenvalue weighted by molar-refractivity contribution is 0.578. The van der Waals surface area contributed by atoms with E-state index in [9.17, 15) is 8.42 Å². The molecule has 0 saturated carbocycles. The van der Waals surface area contributed by atoms with E-state index in [4.69, 9.17) is 28.9 Å². The summed E-state index contributed by atoms with van der Waals surface area (Å²) in [6.07, 6.45) is 0.593. The number of nitrogens with one attached hydrogen (secondary N) is 1. The van der Waals surface area contributed by atoms with E-state index in [0.29, 0.717) is 35.1 Å². The molecule has 0 bridgehead atoms. The highest BCUT2D eigenvalue weighted by atomic mass is 35.5. The fourth-order valence-electron chi connectivity index (χ4n) is 1.24. The summed E-state index contributed by atoms with van der Waals surface area (Å²) in [5.74, 6) is -0.226. The van der Waals surface area contributed by atoms with Crippen molar-refractivity contribution in [2.75, 3.05) is 13.1 Å². The Morgan fingerprint density at radius 2 is 1.82 bits per heavy atom. The molecule has 0 atom stereocenters. The maximum absolute atomic E-state index is 11.7. The van der Waals surface area contributed by atoms with Crippen LogP contribution >= 0.6 is 23.2 Å². The zero-order chi connectivity index (χ0) is 12.9. The second kappa shape index (κ2) is 6.56. The Morgan fingerprint density at radius 1 is 1.24 bits per heavy atom. The smallest absolute Gasteiger partial charge is 0.215 e. The van der Waals surface area contributed by atoms with E-state index in [-0.39, 0.29) is 5.75 Å². The van der Waals surface area contributed by atoms with Crippen molar-refractivity contribution >= 4 is 33.2 Å². The molecule has 1 rings (SSSR count). The van der Waals surface area contributed by atoms with Crippen LogP contribution in [0.3, 0.4) is 0 Å². The number of rotatable bonds is 6. The molecule has 1 aromatic rings. The van der Waals surface area contributed by atoms with Crippen molar-refractivity contribution in [2.45, 2.75) is 12.2 Å². The van der Waals surface area contributed by atoms with Crippen LogP contribution in [0.1, 0.15) is 12.0 Å². The summed E-state index contributed by atoms with van der Waals surface area (Å²) in [6, 6.07) is 4.89. The van der Waals surface area contributed by atoms with Crippen LogP contribution in [-0.4, -0.2) is 21.5 Å². The fourth-order valence-corrected chi connectivity index (χ4v) is 3.18. The fraction of sp³-hybridized carbons (Fsp3) is 0.400. The summed E-state index contributed by atoms with van der Waals surface area (Å²) in [7, 11) is -3.43. The predicted molar refractivity (Wildman–Crippen MR) is 70.8 cm³/mol.